The summed E-state index contributed by atoms with van der Waals surface area (Å²) in [5.74, 6) is -0.0667. The van der Waals surface area contributed by atoms with Gasteiger partial charge in [-0.05, 0) is 43.2 Å². The Morgan fingerprint density at radius 1 is 1.08 bits per heavy atom. The number of fused-ring (bicyclic) bond motifs is 1. The van der Waals surface area contributed by atoms with Crippen molar-refractivity contribution in [2.45, 2.75) is 32.9 Å². The topological polar surface area (TPSA) is 105 Å². The first-order valence-electron chi connectivity index (χ1n) is 11.4. The highest BCUT2D eigenvalue weighted by Gasteiger charge is 2.31. The van der Waals surface area contributed by atoms with Crippen LogP contribution in [0.4, 0.5) is 5.69 Å². The number of nitrogens with zero attached hydrogens (tertiary/aromatic N) is 2. The molecule has 0 aromatic heterocycles. The molecule has 0 radical (unpaired) electrons. The van der Waals surface area contributed by atoms with Crippen LogP contribution in [0.15, 0.2) is 36.4 Å². The third-order valence-electron chi connectivity index (χ3n) is 5.57. The highest BCUT2D eigenvalue weighted by atomic mass is 35.5. The van der Waals surface area contributed by atoms with Crippen LogP contribution in [0.1, 0.15) is 25.8 Å². The van der Waals surface area contributed by atoms with E-state index in [0.29, 0.717) is 46.9 Å². The van der Waals surface area contributed by atoms with Crippen LogP contribution >= 0.6 is 23.2 Å². The molecule has 1 atom stereocenters. The molecule has 12 heteroatoms. The standard InChI is InChI=1S/C24H29Cl2N3O6S/c1-4-9-27-24(31)16(2)28(14-17-5-6-18(25)12-20(17)26)23(30)15-29(36(3,32)33)19-7-8-21-22(13-19)35-11-10-34-21/h5-8,12-13,16H,4,9-11,14-15H2,1-3H3,(H,27,31)/t16-/m0/s1. The second-order valence-corrected chi connectivity index (χ2v) is 11.1. The van der Waals surface area contributed by atoms with Crippen LogP contribution in [0.2, 0.25) is 10.0 Å². The predicted octanol–water partition coefficient (Wildman–Crippen LogP) is 3.47. The number of anilines is 1. The molecule has 0 spiro atoms. The molecule has 2 aromatic carbocycles. The van der Waals surface area contributed by atoms with Crippen molar-refractivity contribution in [2.75, 3.05) is 36.9 Å². The zero-order valence-corrected chi connectivity index (χ0v) is 22.6. The Kier molecular flexibility index (Phi) is 9.32. The summed E-state index contributed by atoms with van der Waals surface area (Å²) < 4.78 is 37.5. The lowest BCUT2D eigenvalue weighted by atomic mass is 10.1. The number of hydrogen-bond donors (Lipinski definition) is 1. The molecule has 1 aliphatic rings. The first-order valence-corrected chi connectivity index (χ1v) is 14.0. The van der Waals surface area contributed by atoms with Gasteiger partial charge in [0.05, 0.1) is 11.9 Å². The molecule has 2 amide bonds. The molecule has 9 nitrogen and oxygen atoms in total. The van der Waals surface area contributed by atoms with E-state index in [1.165, 1.54) is 11.0 Å². The Balaban J connectivity index is 1.93. The number of carbonyl (C=O) groups is 2. The van der Waals surface area contributed by atoms with Crippen molar-refractivity contribution in [1.29, 1.82) is 0 Å². The fourth-order valence-electron chi connectivity index (χ4n) is 3.61. The second kappa shape index (κ2) is 12.0. The normalized spacial score (nSPS) is 13.6. The van der Waals surface area contributed by atoms with E-state index in [1.807, 2.05) is 6.92 Å². The number of amides is 2. The number of halogens is 2. The maximum atomic E-state index is 13.6. The van der Waals surface area contributed by atoms with Gasteiger partial charge in [0, 0.05) is 29.2 Å². The number of hydrogen-bond acceptors (Lipinski definition) is 6. The Morgan fingerprint density at radius 2 is 1.78 bits per heavy atom. The summed E-state index contributed by atoms with van der Waals surface area (Å²) in [6, 6.07) is 8.60. The minimum Gasteiger partial charge on any atom is -0.486 e. The number of benzene rings is 2. The first-order chi connectivity index (χ1) is 17.0. The quantitative estimate of drug-likeness (QED) is 0.479. The SMILES string of the molecule is CCCNC(=O)[C@H](C)N(Cc1ccc(Cl)cc1Cl)C(=O)CN(c1ccc2c(c1)OCCO2)S(C)(=O)=O. The molecule has 0 unspecified atom stereocenters. The first kappa shape index (κ1) is 27.9. The van der Waals surface area contributed by atoms with Crippen molar-refractivity contribution in [1.82, 2.24) is 10.2 Å². The molecule has 2 aromatic rings. The van der Waals surface area contributed by atoms with Crippen molar-refractivity contribution in [2.24, 2.45) is 0 Å². The lowest BCUT2D eigenvalue weighted by molar-refractivity contribution is -0.139. The summed E-state index contributed by atoms with van der Waals surface area (Å²) in [7, 11) is -3.87. The van der Waals surface area contributed by atoms with Crippen molar-refractivity contribution in [3.63, 3.8) is 0 Å². The van der Waals surface area contributed by atoms with Gasteiger partial charge in [-0.3, -0.25) is 13.9 Å². The zero-order chi connectivity index (χ0) is 26.5. The molecule has 1 N–H and O–H groups in total. The monoisotopic (exact) mass is 557 g/mol. The minimum atomic E-state index is -3.87. The van der Waals surface area contributed by atoms with Crippen molar-refractivity contribution >= 4 is 50.7 Å². The second-order valence-electron chi connectivity index (χ2n) is 8.32. The molecular formula is C24H29Cl2N3O6S. The highest BCUT2D eigenvalue weighted by molar-refractivity contribution is 7.92. The lowest BCUT2D eigenvalue weighted by Crippen LogP contribution is -2.51. The van der Waals surface area contributed by atoms with Gasteiger partial charge in [0.1, 0.15) is 25.8 Å². The third kappa shape index (κ3) is 6.96. The van der Waals surface area contributed by atoms with Gasteiger partial charge in [-0.2, -0.15) is 0 Å². The van der Waals surface area contributed by atoms with Crippen molar-refractivity contribution in [3.8, 4) is 11.5 Å². The predicted molar refractivity (Wildman–Crippen MR) is 139 cm³/mol. The van der Waals surface area contributed by atoms with E-state index >= 15 is 0 Å². The maximum Gasteiger partial charge on any atom is 0.244 e. The number of nitrogens with one attached hydrogen (secondary N) is 1. The summed E-state index contributed by atoms with van der Waals surface area (Å²) in [5, 5.41) is 3.53. The minimum absolute atomic E-state index is 0.0196. The lowest BCUT2D eigenvalue weighted by Gasteiger charge is -2.32. The Morgan fingerprint density at radius 3 is 2.42 bits per heavy atom. The molecule has 0 bridgehead atoms. The fraction of sp³-hybridized carbons (Fsp3) is 0.417. The largest absolute Gasteiger partial charge is 0.486 e. The zero-order valence-electron chi connectivity index (χ0n) is 20.3. The van der Waals surface area contributed by atoms with E-state index in [4.69, 9.17) is 32.7 Å². The molecule has 0 aliphatic carbocycles. The molecule has 1 heterocycles. The van der Waals surface area contributed by atoms with E-state index < -0.39 is 28.5 Å². The summed E-state index contributed by atoms with van der Waals surface area (Å²) in [6.45, 7) is 4.11. The Hall–Kier alpha value is -2.69. The van der Waals surface area contributed by atoms with E-state index in [9.17, 15) is 18.0 Å². The van der Waals surface area contributed by atoms with E-state index in [0.717, 1.165) is 17.0 Å². The summed E-state index contributed by atoms with van der Waals surface area (Å²) >= 11 is 12.3. The summed E-state index contributed by atoms with van der Waals surface area (Å²) in [5.41, 5.74) is 0.803. The molecule has 0 fully saturated rings. The van der Waals surface area contributed by atoms with Crippen LogP contribution in [-0.4, -0.2) is 63.7 Å². The number of ether oxygens (including phenoxy) is 2. The smallest absolute Gasteiger partial charge is 0.244 e. The molecule has 0 saturated carbocycles. The van der Waals surface area contributed by atoms with Crippen LogP contribution in [0.25, 0.3) is 0 Å². The number of carbonyl (C=O) groups excluding carboxylic acids is 2. The molecule has 36 heavy (non-hydrogen) atoms. The fourth-order valence-corrected chi connectivity index (χ4v) is 4.92. The van der Waals surface area contributed by atoms with Gasteiger partial charge in [0.25, 0.3) is 0 Å². The Bertz CT molecular complexity index is 1220. The van der Waals surface area contributed by atoms with Gasteiger partial charge < -0.3 is 19.7 Å². The molecule has 196 valence electrons. The van der Waals surface area contributed by atoms with E-state index in [1.54, 1.807) is 37.3 Å². The third-order valence-corrected chi connectivity index (χ3v) is 7.29. The van der Waals surface area contributed by atoms with Crippen LogP contribution < -0.4 is 19.1 Å². The van der Waals surface area contributed by atoms with Crippen LogP contribution in [-0.2, 0) is 26.2 Å². The van der Waals surface area contributed by atoms with Crippen LogP contribution in [0, 0.1) is 0 Å². The molecule has 1 aliphatic heterocycles. The van der Waals surface area contributed by atoms with Gasteiger partial charge in [-0.1, -0.05) is 36.2 Å². The van der Waals surface area contributed by atoms with Gasteiger partial charge in [0.15, 0.2) is 11.5 Å². The van der Waals surface area contributed by atoms with Crippen LogP contribution in [0.3, 0.4) is 0 Å². The van der Waals surface area contributed by atoms with Gasteiger partial charge in [-0.15, -0.1) is 0 Å². The van der Waals surface area contributed by atoms with E-state index in [2.05, 4.69) is 5.32 Å². The summed E-state index contributed by atoms with van der Waals surface area (Å²) in [6.07, 6.45) is 1.73. The van der Waals surface area contributed by atoms with Gasteiger partial charge in [-0.25, -0.2) is 8.42 Å². The summed E-state index contributed by atoms with van der Waals surface area (Å²) in [4.78, 5) is 27.7. The molecule has 3 rings (SSSR count). The van der Waals surface area contributed by atoms with Gasteiger partial charge in [0.2, 0.25) is 21.8 Å². The average Bonchev–Trinajstić information content (AvgIpc) is 2.83. The van der Waals surface area contributed by atoms with E-state index in [-0.39, 0.29) is 18.1 Å². The van der Waals surface area contributed by atoms with Crippen molar-refractivity contribution in [3.05, 3.63) is 52.0 Å². The maximum absolute atomic E-state index is 13.6. The van der Waals surface area contributed by atoms with Crippen LogP contribution in [0.5, 0.6) is 11.5 Å². The molecule has 0 saturated heterocycles. The molecular weight excluding hydrogens is 529 g/mol. The average molecular weight is 558 g/mol. The number of rotatable bonds is 10. The Labute approximate surface area is 221 Å². The highest BCUT2D eigenvalue weighted by Crippen LogP contribution is 2.35. The van der Waals surface area contributed by atoms with Crippen molar-refractivity contribution < 1.29 is 27.5 Å². The number of sulfonamides is 1. The van der Waals surface area contributed by atoms with Gasteiger partial charge >= 0.3 is 0 Å².